The number of unbranched alkanes of at least 4 members (excludes halogenated alkanes) is 1. The quantitative estimate of drug-likeness (QED) is 0.633. The molecule has 0 spiro atoms. The minimum atomic E-state index is -3.46. The van der Waals surface area contributed by atoms with Gasteiger partial charge in [0.15, 0.2) is 0 Å². The molecule has 3 rings (SSSR count). The molecule has 6 heteroatoms. The summed E-state index contributed by atoms with van der Waals surface area (Å²) in [4.78, 5) is 0.234. The van der Waals surface area contributed by atoms with E-state index in [1.807, 2.05) is 18.2 Å². The molecule has 24 heavy (non-hydrogen) atoms. The van der Waals surface area contributed by atoms with Gasteiger partial charge in [0, 0.05) is 17.0 Å². The summed E-state index contributed by atoms with van der Waals surface area (Å²) in [6, 6.07) is 14.2. The molecule has 2 aromatic carbocycles. The number of halogens is 1. The van der Waals surface area contributed by atoms with E-state index in [0.717, 1.165) is 30.2 Å². The van der Waals surface area contributed by atoms with E-state index in [1.165, 1.54) is 17.7 Å². The molecule has 0 unspecified atom stereocenters. The van der Waals surface area contributed by atoms with Crippen molar-refractivity contribution in [3.05, 3.63) is 65.4 Å². The van der Waals surface area contributed by atoms with Crippen LogP contribution < -0.4 is 4.72 Å². The molecular formula is C18H18ClNO3S. The van der Waals surface area contributed by atoms with Gasteiger partial charge in [0.25, 0.3) is 0 Å². The zero-order valence-corrected chi connectivity index (χ0v) is 14.6. The average molecular weight is 364 g/mol. The second kappa shape index (κ2) is 7.38. The molecule has 0 amide bonds. The van der Waals surface area contributed by atoms with Crippen molar-refractivity contribution >= 4 is 32.6 Å². The van der Waals surface area contributed by atoms with Crippen LogP contribution in [0.3, 0.4) is 0 Å². The largest absolute Gasteiger partial charge is 0.464 e. The lowest BCUT2D eigenvalue weighted by Crippen LogP contribution is -2.24. The normalized spacial score (nSPS) is 11.9. The maximum Gasteiger partial charge on any atom is 0.240 e. The van der Waals surface area contributed by atoms with Gasteiger partial charge in [-0.25, -0.2) is 13.1 Å². The number of hydrogen-bond donors (Lipinski definition) is 1. The molecule has 3 aromatic rings. The fourth-order valence-electron chi connectivity index (χ4n) is 2.53. The van der Waals surface area contributed by atoms with Crippen LogP contribution in [-0.4, -0.2) is 15.0 Å². The maximum absolute atomic E-state index is 12.1. The van der Waals surface area contributed by atoms with Crippen molar-refractivity contribution in [2.24, 2.45) is 0 Å². The Morgan fingerprint density at radius 2 is 1.79 bits per heavy atom. The van der Waals surface area contributed by atoms with E-state index in [0.29, 0.717) is 11.6 Å². The number of aryl methyl sites for hydroxylation is 1. The van der Waals surface area contributed by atoms with E-state index in [4.69, 9.17) is 16.0 Å². The Balaban J connectivity index is 1.47. The van der Waals surface area contributed by atoms with Gasteiger partial charge in [0.1, 0.15) is 5.58 Å². The molecule has 0 fully saturated rings. The van der Waals surface area contributed by atoms with Crippen molar-refractivity contribution in [3.8, 4) is 0 Å². The standard InChI is InChI=1S/C18H18ClNO3S/c19-16-5-7-17(8-6-16)24(21,22)20-11-2-1-3-14-4-9-18-15(13-14)10-12-23-18/h4-10,12-13,20H,1-3,11H2. The number of nitrogens with one attached hydrogen (secondary N) is 1. The first-order valence-corrected chi connectivity index (χ1v) is 9.62. The van der Waals surface area contributed by atoms with Crippen molar-refractivity contribution in [2.45, 2.75) is 24.2 Å². The molecule has 0 bridgehead atoms. The molecule has 0 aliphatic carbocycles. The van der Waals surface area contributed by atoms with Crippen LogP contribution in [0, 0.1) is 0 Å². The van der Waals surface area contributed by atoms with Gasteiger partial charge in [0.2, 0.25) is 10.0 Å². The van der Waals surface area contributed by atoms with Gasteiger partial charge in [-0.3, -0.25) is 0 Å². The highest BCUT2D eigenvalue weighted by atomic mass is 35.5. The lowest BCUT2D eigenvalue weighted by atomic mass is 10.1. The summed E-state index contributed by atoms with van der Waals surface area (Å²) >= 11 is 5.77. The van der Waals surface area contributed by atoms with E-state index in [9.17, 15) is 8.42 Å². The van der Waals surface area contributed by atoms with Gasteiger partial charge >= 0.3 is 0 Å². The van der Waals surface area contributed by atoms with Crippen LogP contribution in [0.25, 0.3) is 11.0 Å². The van der Waals surface area contributed by atoms with Crippen molar-refractivity contribution in [3.63, 3.8) is 0 Å². The van der Waals surface area contributed by atoms with Gasteiger partial charge in [-0.2, -0.15) is 0 Å². The van der Waals surface area contributed by atoms with Crippen LogP contribution >= 0.6 is 11.6 Å². The second-order valence-corrected chi connectivity index (χ2v) is 7.80. The molecule has 0 radical (unpaired) electrons. The zero-order chi connectivity index (χ0) is 17.0. The third-order valence-corrected chi connectivity index (χ3v) is 5.55. The molecule has 0 aliphatic rings. The van der Waals surface area contributed by atoms with E-state index in [1.54, 1.807) is 18.4 Å². The Labute approximate surface area is 146 Å². The summed E-state index contributed by atoms with van der Waals surface area (Å²) in [7, 11) is -3.46. The Bertz CT molecular complexity index is 917. The van der Waals surface area contributed by atoms with E-state index >= 15 is 0 Å². The second-order valence-electron chi connectivity index (χ2n) is 5.60. The lowest BCUT2D eigenvalue weighted by Gasteiger charge is -2.07. The zero-order valence-electron chi connectivity index (χ0n) is 13.0. The van der Waals surface area contributed by atoms with E-state index < -0.39 is 10.0 Å². The van der Waals surface area contributed by atoms with Crippen LogP contribution in [-0.2, 0) is 16.4 Å². The summed E-state index contributed by atoms with van der Waals surface area (Å²) in [5, 5.41) is 1.61. The van der Waals surface area contributed by atoms with Crippen molar-refractivity contribution in [1.82, 2.24) is 4.72 Å². The highest BCUT2D eigenvalue weighted by Gasteiger charge is 2.12. The Morgan fingerprint density at radius 1 is 1.00 bits per heavy atom. The van der Waals surface area contributed by atoms with Gasteiger partial charge in [-0.1, -0.05) is 17.7 Å². The Kier molecular flexibility index (Phi) is 5.23. The molecule has 0 aliphatic heterocycles. The van der Waals surface area contributed by atoms with Gasteiger partial charge in [0.05, 0.1) is 11.2 Å². The Hall–Kier alpha value is -1.82. The van der Waals surface area contributed by atoms with Crippen molar-refractivity contribution in [2.75, 3.05) is 6.54 Å². The predicted octanol–water partition coefficient (Wildman–Crippen LogP) is 4.39. The predicted molar refractivity (Wildman–Crippen MR) is 95.8 cm³/mol. The monoisotopic (exact) mass is 363 g/mol. The first-order chi connectivity index (χ1) is 11.5. The number of hydrogen-bond acceptors (Lipinski definition) is 3. The summed E-state index contributed by atoms with van der Waals surface area (Å²) in [6.45, 7) is 0.416. The lowest BCUT2D eigenvalue weighted by molar-refractivity contribution is 0.576. The van der Waals surface area contributed by atoms with Gasteiger partial charge < -0.3 is 4.42 Å². The molecule has 0 saturated carbocycles. The van der Waals surface area contributed by atoms with Gasteiger partial charge in [-0.15, -0.1) is 0 Å². The third-order valence-electron chi connectivity index (χ3n) is 3.83. The summed E-state index contributed by atoms with van der Waals surface area (Å²) < 4.78 is 32.2. The molecule has 1 N–H and O–H groups in total. The molecule has 1 aromatic heterocycles. The number of fused-ring (bicyclic) bond motifs is 1. The number of rotatable bonds is 7. The minimum absolute atomic E-state index is 0.234. The average Bonchev–Trinajstić information content (AvgIpc) is 3.02. The highest BCUT2D eigenvalue weighted by Crippen LogP contribution is 2.18. The van der Waals surface area contributed by atoms with Crippen LogP contribution in [0.2, 0.25) is 5.02 Å². The first-order valence-electron chi connectivity index (χ1n) is 7.76. The van der Waals surface area contributed by atoms with E-state index in [2.05, 4.69) is 10.8 Å². The first kappa shape index (κ1) is 17.0. The van der Waals surface area contributed by atoms with Crippen LogP contribution in [0.15, 0.2) is 64.1 Å². The summed E-state index contributed by atoms with van der Waals surface area (Å²) in [5.41, 5.74) is 2.11. The highest BCUT2D eigenvalue weighted by molar-refractivity contribution is 7.89. The molecular weight excluding hydrogens is 346 g/mol. The summed E-state index contributed by atoms with van der Waals surface area (Å²) in [6.07, 6.45) is 4.27. The maximum atomic E-state index is 12.1. The summed E-state index contributed by atoms with van der Waals surface area (Å²) in [5.74, 6) is 0. The molecule has 0 saturated heterocycles. The minimum Gasteiger partial charge on any atom is -0.464 e. The van der Waals surface area contributed by atoms with Crippen LogP contribution in [0.5, 0.6) is 0 Å². The van der Waals surface area contributed by atoms with Crippen LogP contribution in [0.1, 0.15) is 18.4 Å². The Morgan fingerprint density at radius 3 is 2.58 bits per heavy atom. The third kappa shape index (κ3) is 4.17. The number of benzene rings is 2. The SMILES string of the molecule is O=S(=O)(NCCCCc1ccc2occc2c1)c1ccc(Cl)cc1. The fraction of sp³-hybridized carbons (Fsp3) is 0.222. The van der Waals surface area contributed by atoms with E-state index in [-0.39, 0.29) is 4.90 Å². The molecule has 4 nitrogen and oxygen atoms in total. The number of furan rings is 1. The topological polar surface area (TPSA) is 59.3 Å². The van der Waals surface area contributed by atoms with Crippen LogP contribution in [0.4, 0.5) is 0 Å². The number of sulfonamides is 1. The fourth-order valence-corrected chi connectivity index (χ4v) is 3.73. The smallest absolute Gasteiger partial charge is 0.240 e. The molecule has 0 atom stereocenters. The molecule has 1 heterocycles. The molecule has 126 valence electrons. The van der Waals surface area contributed by atoms with Gasteiger partial charge in [-0.05, 0) is 67.3 Å². The van der Waals surface area contributed by atoms with Crippen molar-refractivity contribution < 1.29 is 12.8 Å². The van der Waals surface area contributed by atoms with Crippen molar-refractivity contribution in [1.29, 1.82) is 0 Å².